The second-order valence-electron chi connectivity index (χ2n) is 7.21. The minimum absolute atomic E-state index is 0.553. The minimum atomic E-state index is 0.553. The number of aromatic nitrogens is 3. The number of benzene rings is 2. The maximum Gasteiger partial charge on any atom is 0.232 e. The van der Waals surface area contributed by atoms with Gasteiger partial charge in [-0.2, -0.15) is 15.0 Å². The van der Waals surface area contributed by atoms with Crippen LogP contribution in [0.15, 0.2) is 30.3 Å². The Morgan fingerprint density at radius 2 is 1.21 bits per heavy atom. The summed E-state index contributed by atoms with van der Waals surface area (Å²) in [6.07, 6.45) is 1.90. The highest BCUT2D eigenvalue weighted by Gasteiger charge is 2.12. The van der Waals surface area contributed by atoms with E-state index in [0.717, 1.165) is 24.2 Å². The van der Waals surface area contributed by atoms with Gasteiger partial charge in [-0.1, -0.05) is 49.7 Å². The van der Waals surface area contributed by atoms with Crippen LogP contribution in [-0.4, -0.2) is 15.0 Å². The molecule has 3 rings (SSSR count). The van der Waals surface area contributed by atoms with Crippen LogP contribution >= 0.6 is 0 Å². The lowest BCUT2D eigenvalue weighted by Gasteiger charge is -2.16. The standard InChI is InChI=1S/C23H29N5/c1-7-18-10-9-11-19(8-2)21(18)27-23-25-17(6)24-22(28-23)26-20-15(4)12-14(3)13-16(20)5/h9-13H,7-8H2,1-6H3,(H2,24,25,26,27,28). The molecule has 2 N–H and O–H groups in total. The number of para-hydroxylation sites is 1. The average molecular weight is 376 g/mol. The number of nitrogens with one attached hydrogen (secondary N) is 2. The SMILES string of the molecule is CCc1cccc(CC)c1Nc1nc(C)nc(Nc2c(C)cc(C)cc2C)n1. The monoisotopic (exact) mass is 375 g/mol. The second kappa shape index (κ2) is 8.38. The normalized spacial score (nSPS) is 10.8. The minimum Gasteiger partial charge on any atom is -0.324 e. The van der Waals surface area contributed by atoms with Crippen LogP contribution in [0.4, 0.5) is 23.3 Å². The van der Waals surface area contributed by atoms with Crippen molar-refractivity contribution >= 4 is 23.3 Å². The Hall–Kier alpha value is -2.95. The van der Waals surface area contributed by atoms with Crippen LogP contribution in [0.25, 0.3) is 0 Å². The molecule has 1 aromatic heterocycles. The summed E-state index contributed by atoms with van der Waals surface area (Å²) < 4.78 is 0. The van der Waals surface area contributed by atoms with Crippen molar-refractivity contribution in [2.75, 3.05) is 10.6 Å². The highest BCUT2D eigenvalue weighted by atomic mass is 15.2. The predicted molar refractivity (Wildman–Crippen MR) is 117 cm³/mol. The van der Waals surface area contributed by atoms with Crippen molar-refractivity contribution in [3.63, 3.8) is 0 Å². The Morgan fingerprint density at radius 1 is 0.714 bits per heavy atom. The molecule has 28 heavy (non-hydrogen) atoms. The molecule has 0 bridgehead atoms. The van der Waals surface area contributed by atoms with Crippen LogP contribution in [0.3, 0.4) is 0 Å². The lowest BCUT2D eigenvalue weighted by Crippen LogP contribution is -2.08. The zero-order valence-corrected chi connectivity index (χ0v) is 17.6. The van der Waals surface area contributed by atoms with Crippen LogP contribution in [0.1, 0.15) is 47.5 Å². The molecule has 0 aliphatic heterocycles. The maximum atomic E-state index is 4.64. The summed E-state index contributed by atoms with van der Waals surface area (Å²) in [6.45, 7) is 12.5. The first-order valence-electron chi connectivity index (χ1n) is 9.86. The Morgan fingerprint density at radius 3 is 1.71 bits per heavy atom. The van der Waals surface area contributed by atoms with Gasteiger partial charge in [0, 0.05) is 11.4 Å². The summed E-state index contributed by atoms with van der Waals surface area (Å²) in [5, 5.41) is 6.84. The van der Waals surface area contributed by atoms with Gasteiger partial charge in [0.05, 0.1) is 0 Å². The third kappa shape index (κ3) is 4.30. The molecular weight excluding hydrogens is 346 g/mol. The lowest BCUT2D eigenvalue weighted by atomic mass is 10.0. The Bertz CT molecular complexity index is 949. The number of aryl methyl sites for hydroxylation is 6. The molecule has 0 aliphatic rings. The second-order valence-corrected chi connectivity index (χ2v) is 7.21. The summed E-state index contributed by atoms with van der Waals surface area (Å²) in [5.74, 6) is 1.79. The van der Waals surface area contributed by atoms with Crippen LogP contribution < -0.4 is 10.6 Å². The zero-order valence-electron chi connectivity index (χ0n) is 17.6. The largest absolute Gasteiger partial charge is 0.324 e. The summed E-state index contributed by atoms with van der Waals surface area (Å²) in [7, 11) is 0. The quantitative estimate of drug-likeness (QED) is 0.577. The van der Waals surface area contributed by atoms with Crippen molar-refractivity contribution in [3.05, 3.63) is 64.0 Å². The first kappa shape index (κ1) is 19.8. The third-order valence-electron chi connectivity index (χ3n) is 4.90. The molecule has 5 nitrogen and oxygen atoms in total. The van der Waals surface area contributed by atoms with Gasteiger partial charge in [0.25, 0.3) is 0 Å². The van der Waals surface area contributed by atoms with E-state index < -0.39 is 0 Å². The van der Waals surface area contributed by atoms with Gasteiger partial charge < -0.3 is 10.6 Å². The fourth-order valence-electron chi connectivity index (χ4n) is 3.60. The van der Waals surface area contributed by atoms with Gasteiger partial charge >= 0.3 is 0 Å². The first-order valence-corrected chi connectivity index (χ1v) is 9.86. The van der Waals surface area contributed by atoms with Crippen molar-refractivity contribution in [1.29, 1.82) is 0 Å². The van der Waals surface area contributed by atoms with E-state index in [-0.39, 0.29) is 0 Å². The Kier molecular flexibility index (Phi) is 5.93. The molecule has 0 fully saturated rings. The molecule has 3 aromatic rings. The molecule has 146 valence electrons. The highest BCUT2D eigenvalue weighted by molar-refractivity contribution is 5.66. The van der Waals surface area contributed by atoms with Crippen molar-refractivity contribution < 1.29 is 0 Å². The van der Waals surface area contributed by atoms with E-state index in [1.165, 1.54) is 27.8 Å². The molecular formula is C23H29N5. The molecule has 2 aromatic carbocycles. The molecule has 0 amide bonds. The maximum absolute atomic E-state index is 4.64. The van der Waals surface area contributed by atoms with Gasteiger partial charge in [0.15, 0.2) is 0 Å². The number of hydrogen-bond acceptors (Lipinski definition) is 5. The molecule has 1 heterocycles. The van der Waals surface area contributed by atoms with Crippen molar-refractivity contribution in [3.8, 4) is 0 Å². The fourth-order valence-corrected chi connectivity index (χ4v) is 3.60. The molecule has 0 unspecified atom stereocenters. The van der Waals surface area contributed by atoms with Gasteiger partial charge in [-0.3, -0.25) is 0 Å². The van der Waals surface area contributed by atoms with E-state index >= 15 is 0 Å². The van der Waals surface area contributed by atoms with Crippen LogP contribution in [-0.2, 0) is 12.8 Å². The van der Waals surface area contributed by atoms with E-state index in [9.17, 15) is 0 Å². The zero-order chi connectivity index (χ0) is 20.3. The Labute approximate surface area is 167 Å². The van der Waals surface area contributed by atoms with Crippen molar-refractivity contribution in [2.45, 2.75) is 54.4 Å². The van der Waals surface area contributed by atoms with E-state index in [2.05, 4.69) is 90.5 Å². The van der Waals surface area contributed by atoms with E-state index in [0.29, 0.717) is 17.7 Å². The first-order chi connectivity index (χ1) is 13.4. The summed E-state index contributed by atoms with van der Waals surface area (Å²) >= 11 is 0. The number of anilines is 4. The molecule has 0 saturated carbocycles. The van der Waals surface area contributed by atoms with Gasteiger partial charge in [0.1, 0.15) is 5.82 Å². The van der Waals surface area contributed by atoms with Crippen LogP contribution in [0.2, 0.25) is 0 Å². The average Bonchev–Trinajstić information content (AvgIpc) is 2.64. The lowest BCUT2D eigenvalue weighted by molar-refractivity contribution is 0.982. The fraction of sp³-hybridized carbons (Fsp3) is 0.348. The number of rotatable bonds is 6. The van der Waals surface area contributed by atoms with Gasteiger partial charge in [-0.25, -0.2) is 0 Å². The molecule has 0 radical (unpaired) electrons. The van der Waals surface area contributed by atoms with Crippen molar-refractivity contribution in [1.82, 2.24) is 15.0 Å². The number of nitrogens with zero attached hydrogens (tertiary/aromatic N) is 3. The number of hydrogen-bond donors (Lipinski definition) is 2. The molecule has 0 saturated heterocycles. The predicted octanol–water partition coefficient (Wildman–Crippen LogP) is 5.72. The van der Waals surface area contributed by atoms with Gasteiger partial charge in [-0.15, -0.1) is 0 Å². The van der Waals surface area contributed by atoms with E-state index in [1.807, 2.05) is 6.92 Å². The van der Waals surface area contributed by atoms with Gasteiger partial charge in [0.2, 0.25) is 11.9 Å². The summed E-state index contributed by atoms with van der Waals surface area (Å²) in [6, 6.07) is 10.7. The highest BCUT2D eigenvalue weighted by Crippen LogP contribution is 2.27. The van der Waals surface area contributed by atoms with Gasteiger partial charge in [-0.05, 0) is 62.8 Å². The summed E-state index contributed by atoms with van der Waals surface area (Å²) in [4.78, 5) is 13.6. The smallest absolute Gasteiger partial charge is 0.232 e. The van der Waals surface area contributed by atoms with Crippen LogP contribution in [0.5, 0.6) is 0 Å². The Balaban J connectivity index is 1.96. The topological polar surface area (TPSA) is 62.7 Å². The summed E-state index contributed by atoms with van der Waals surface area (Å²) in [5.41, 5.74) is 8.27. The third-order valence-corrected chi connectivity index (χ3v) is 4.90. The molecule has 0 spiro atoms. The van der Waals surface area contributed by atoms with E-state index in [1.54, 1.807) is 0 Å². The molecule has 0 atom stereocenters. The molecule has 0 aliphatic carbocycles. The van der Waals surface area contributed by atoms with Crippen molar-refractivity contribution in [2.24, 2.45) is 0 Å². The molecule has 5 heteroatoms. The van der Waals surface area contributed by atoms with Crippen LogP contribution in [0, 0.1) is 27.7 Å². The van der Waals surface area contributed by atoms with E-state index in [4.69, 9.17) is 0 Å².